The van der Waals surface area contributed by atoms with E-state index in [4.69, 9.17) is 0 Å². The normalized spacial score (nSPS) is 11.1. The molecule has 3 aromatic rings. The molecule has 0 saturated carbocycles. The first-order chi connectivity index (χ1) is 9.78. The maximum Gasteiger partial charge on any atom is 0.0529 e. The lowest BCUT2D eigenvalue weighted by molar-refractivity contribution is 0.794. The van der Waals surface area contributed by atoms with Crippen molar-refractivity contribution >= 4 is 10.9 Å². The third-order valence-corrected chi connectivity index (χ3v) is 3.52. The highest BCUT2D eigenvalue weighted by Gasteiger charge is 2.06. The second-order valence-electron chi connectivity index (χ2n) is 5.20. The highest BCUT2D eigenvalue weighted by Crippen LogP contribution is 2.21. The Balaban J connectivity index is 2.03. The first-order valence-electron chi connectivity index (χ1n) is 6.90. The van der Waals surface area contributed by atoms with E-state index in [0.717, 1.165) is 13.1 Å². The Morgan fingerprint density at radius 1 is 1.20 bits per heavy atom. The molecule has 0 aliphatic carbocycles. The van der Waals surface area contributed by atoms with E-state index in [9.17, 15) is 0 Å². The fraction of sp³-hybridized carbons (Fsp3) is 0.235. The molecule has 0 amide bonds. The van der Waals surface area contributed by atoms with Gasteiger partial charge >= 0.3 is 0 Å². The summed E-state index contributed by atoms with van der Waals surface area (Å²) in [6.45, 7) is 3.82. The van der Waals surface area contributed by atoms with Crippen LogP contribution in [0.3, 0.4) is 0 Å². The Morgan fingerprint density at radius 2 is 2.10 bits per heavy atom. The summed E-state index contributed by atoms with van der Waals surface area (Å²) in [7, 11) is 1.98. The van der Waals surface area contributed by atoms with Crippen LogP contribution in [0.1, 0.15) is 16.7 Å². The molecule has 0 atom stereocenters. The summed E-state index contributed by atoms with van der Waals surface area (Å²) in [5, 5.41) is 4.53. The SMILES string of the molecule is CNCc1cccc2ccn(Cc3cncc(C)c3)c12. The van der Waals surface area contributed by atoms with E-state index >= 15 is 0 Å². The summed E-state index contributed by atoms with van der Waals surface area (Å²) >= 11 is 0. The Labute approximate surface area is 119 Å². The van der Waals surface area contributed by atoms with Crippen molar-refractivity contribution in [2.24, 2.45) is 0 Å². The lowest BCUT2D eigenvalue weighted by atomic mass is 10.1. The molecule has 0 spiro atoms. The number of fused-ring (bicyclic) bond motifs is 1. The molecule has 0 radical (unpaired) electrons. The number of aryl methyl sites for hydroxylation is 1. The smallest absolute Gasteiger partial charge is 0.0529 e. The quantitative estimate of drug-likeness (QED) is 0.785. The predicted octanol–water partition coefficient (Wildman–Crippen LogP) is 3.11. The van der Waals surface area contributed by atoms with Gasteiger partial charge in [-0.2, -0.15) is 0 Å². The predicted molar refractivity (Wildman–Crippen MR) is 82.8 cm³/mol. The first-order valence-corrected chi connectivity index (χ1v) is 6.90. The molecule has 3 rings (SSSR count). The average Bonchev–Trinajstić information content (AvgIpc) is 2.84. The van der Waals surface area contributed by atoms with Gasteiger partial charge in [0.25, 0.3) is 0 Å². The molecule has 102 valence electrons. The van der Waals surface area contributed by atoms with Crippen molar-refractivity contribution in [3.63, 3.8) is 0 Å². The molecule has 0 aliphatic heterocycles. The second-order valence-corrected chi connectivity index (χ2v) is 5.20. The largest absolute Gasteiger partial charge is 0.343 e. The number of hydrogen-bond donors (Lipinski definition) is 1. The lowest BCUT2D eigenvalue weighted by Gasteiger charge is -2.10. The van der Waals surface area contributed by atoms with Crippen LogP contribution >= 0.6 is 0 Å². The van der Waals surface area contributed by atoms with E-state index < -0.39 is 0 Å². The molecule has 2 heterocycles. The van der Waals surface area contributed by atoms with Gasteiger partial charge < -0.3 is 9.88 Å². The van der Waals surface area contributed by atoms with Crippen molar-refractivity contribution in [3.05, 3.63) is 65.6 Å². The topological polar surface area (TPSA) is 29.9 Å². The van der Waals surface area contributed by atoms with Gasteiger partial charge in [-0.3, -0.25) is 4.98 Å². The summed E-state index contributed by atoms with van der Waals surface area (Å²) in [6.07, 6.45) is 6.00. The number of hydrogen-bond acceptors (Lipinski definition) is 2. The molecule has 3 nitrogen and oxygen atoms in total. The van der Waals surface area contributed by atoms with Gasteiger partial charge in [-0.1, -0.05) is 24.3 Å². The van der Waals surface area contributed by atoms with E-state index in [1.807, 2.05) is 19.4 Å². The minimum Gasteiger partial charge on any atom is -0.343 e. The van der Waals surface area contributed by atoms with Crippen LogP contribution < -0.4 is 5.32 Å². The molecule has 0 aliphatic rings. The molecule has 0 fully saturated rings. The van der Waals surface area contributed by atoms with Gasteiger partial charge in [0.15, 0.2) is 0 Å². The number of para-hydroxylation sites is 1. The third-order valence-electron chi connectivity index (χ3n) is 3.52. The van der Waals surface area contributed by atoms with Gasteiger partial charge in [0.2, 0.25) is 0 Å². The minimum atomic E-state index is 0.860. The third kappa shape index (κ3) is 2.45. The Morgan fingerprint density at radius 3 is 2.90 bits per heavy atom. The molecule has 0 saturated heterocycles. The van der Waals surface area contributed by atoms with Crippen LogP contribution in [0.2, 0.25) is 0 Å². The number of pyridine rings is 1. The first kappa shape index (κ1) is 12.9. The minimum absolute atomic E-state index is 0.860. The Bertz CT molecular complexity index is 728. The average molecular weight is 265 g/mol. The molecule has 0 unspecified atom stereocenters. The number of nitrogens with zero attached hydrogens (tertiary/aromatic N) is 2. The maximum absolute atomic E-state index is 4.28. The lowest BCUT2D eigenvalue weighted by Crippen LogP contribution is -2.08. The fourth-order valence-electron chi connectivity index (χ4n) is 2.71. The van der Waals surface area contributed by atoms with E-state index in [1.165, 1.54) is 27.6 Å². The monoisotopic (exact) mass is 265 g/mol. The number of rotatable bonds is 4. The van der Waals surface area contributed by atoms with Crippen LogP contribution in [0, 0.1) is 6.92 Å². The van der Waals surface area contributed by atoms with Crippen molar-refractivity contribution in [1.29, 1.82) is 0 Å². The van der Waals surface area contributed by atoms with Gasteiger partial charge in [0, 0.05) is 31.7 Å². The molecule has 3 heteroatoms. The van der Waals surface area contributed by atoms with Crippen molar-refractivity contribution < 1.29 is 0 Å². The number of aromatic nitrogens is 2. The summed E-state index contributed by atoms with van der Waals surface area (Å²) in [4.78, 5) is 4.28. The molecule has 1 N–H and O–H groups in total. The maximum atomic E-state index is 4.28. The van der Waals surface area contributed by atoms with Crippen LogP contribution in [0.5, 0.6) is 0 Å². The molecule has 20 heavy (non-hydrogen) atoms. The number of benzene rings is 1. The van der Waals surface area contributed by atoms with Crippen LogP contribution in [0.15, 0.2) is 48.9 Å². The van der Waals surface area contributed by atoms with Gasteiger partial charge in [-0.25, -0.2) is 0 Å². The summed E-state index contributed by atoms with van der Waals surface area (Å²) < 4.78 is 2.30. The van der Waals surface area contributed by atoms with Crippen molar-refractivity contribution in [2.75, 3.05) is 7.05 Å². The van der Waals surface area contributed by atoms with E-state index in [0.29, 0.717) is 0 Å². The van der Waals surface area contributed by atoms with Crippen LogP contribution in [-0.4, -0.2) is 16.6 Å². The highest BCUT2D eigenvalue weighted by molar-refractivity contribution is 5.83. The molecular weight excluding hydrogens is 246 g/mol. The number of nitrogens with one attached hydrogen (secondary N) is 1. The fourth-order valence-corrected chi connectivity index (χ4v) is 2.71. The second kappa shape index (κ2) is 5.47. The van der Waals surface area contributed by atoms with Gasteiger partial charge in [0.05, 0.1) is 5.52 Å². The van der Waals surface area contributed by atoms with Crippen LogP contribution in [-0.2, 0) is 13.1 Å². The zero-order valence-corrected chi connectivity index (χ0v) is 11.9. The Kier molecular flexibility index (Phi) is 3.52. The zero-order chi connectivity index (χ0) is 13.9. The Hall–Kier alpha value is -2.13. The molecular formula is C17H19N3. The van der Waals surface area contributed by atoms with Gasteiger partial charge in [0.1, 0.15) is 0 Å². The zero-order valence-electron chi connectivity index (χ0n) is 11.9. The summed E-state index contributed by atoms with van der Waals surface area (Å²) in [5.74, 6) is 0. The molecule has 0 bridgehead atoms. The standard InChI is InChI=1S/C17H19N3/c1-13-8-14(10-19-9-13)12-20-7-6-15-4-3-5-16(11-18-2)17(15)20/h3-10,18H,11-12H2,1-2H3. The van der Waals surface area contributed by atoms with Crippen LogP contribution in [0.25, 0.3) is 10.9 Å². The highest BCUT2D eigenvalue weighted by atomic mass is 15.0. The summed E-state index contributed by atoms with van der Waals surface area (Å²) in [5.41, 5.74) is 5.08. The van der Waals surface area contributed by atoms with Crippen LogP contribution in [0.4, 0.5) is 0 Å². The van der Waals surface area contributed by atoms with Crippen molar-refractivity contribution in [1.82, 2.24) is 14.9 Å². The molecule has 2 aromatic heterocycles. The van der Waals surface area contributed by atoms with E-state index in [1.54, 1.807) is 0 Å². The van der Waals surface area contributed by atoms with Crippen molar-refractivity contribution in [2.45, 2.75) is 20.0 Å². The van der Waals surface area contributed by atoms with Gasteiger partial charge in [-0.15, -0.1) is 0 Å². The van der Waals surface area contributed by atoms with Gasteiger partial charge in [-0.05, 0) is 42.1 Å². The van der Waals surface area contributed by atoms with E-state index in [2.05, 4.69) is 58.3 Å². The van der Waals surface area contributed by atoms with E-state index in [-0.39, 0.29) is 0 Å². The molecule has 1 aromatic carbocycles. The van der Waals surface area contributed by atoms with Crippen molar-refractivity contribution in [3.8, 4) is 0 Å². The summed E-state index contributed by atoms with van der Waals surface area (Å²) in [6, 6.07) is 10.8.